The van der Waals surface area contributed by atoms with Gasteiger partial charge in [0.15, 0.2) is 6.10 Å². The highest BCUT2D eigenvalue weighted by Gasteiger charge is 2.32. The van der Waals surface area contributed by atoms with Gasteiger partial charge in [-0.05, 0) is 5.56 Å². The van der Waals surface area contributed by atoms with Crippen LogP contribution >= 0.6 is 7.82 Å². The fourth-order valence-corrected chi connectivity index (χ4v) is 2.53. The molecule has 0 fully saturated rings. The number of nitrogens with one attached hydrogen (secondary N) is 1. The van der Waals surface area contributed by atoms with Gasteiger partial charge in [0.25, 0.3) is 0 Å². The lowest BCUT2D eigenvalue weighted by Crippen LogP contribution is -2.38. The first-order chi connectivity index (χ1) is 10.9. The molecule has 1 aromatic carbocycles. The summed E-state index contributed by atoms with van der Waals surface area (Å²) in [4.78, 5) is 22.7. The third kappa shape index (κ3) is 6.92. The summed E-state index contributed by atoms with van der Waals surface area (Å²) in [6.07, 6.45) is -1.23. The molecule has 2 N–H and O–H groups in total. The van der Waals surface area contributed by atoms with Crippen LogP contribution < -0.4 is 5.32 Å². The van der Waals surface area contributed by atoms with Crippen molar-refractivity contribution in [3.63, 3.8) is 0 Å². The number of carbonyl (C=O) groups excluding carboxylic acids is 1. The molecule has 0 unspecified atom stereocenters. The van der Waals surface area contributed by atoms with Crippen molar-refractivity contribution in [2.24, 2.45) is 0 Å². The first kappa shape index (κ1) is 19.3. The number of aliphatic carboxylic acids is 1. The second-order valence-corrected chi connectivity index (χ2v) is 6.37. The lowest BCUT2D eigenvalue weighted by molar-refractivity contribution is -0.137. The highest BCUT2D eigenvalue weighted by molar-refractivity contribution is 7.48. The Kier molecular flexibility index (Phi) is 7.91. The zero-order chi connectivity index (χ0) is 17.3. The molecule has 0 aliphatic rings. The highest BCUT2D eigenvalue weighted by Crippen LogP contribution is 2.49. The van der Waals surface area contributed by atoms with Crippen LogP contribution in [0.3, 0.4) is 0 Å². The minimum absolute atomic E-state index is 0.0624. The van der Waals surface area contributed by atoms with Crippen LogP contribution in [-0.4, -0.2) is 43.9 Å². The van der Waals surface area contributed by atoms with Crippen LogP contribution in [-0.2, 0) is 34.1 Å². The Morgan fingerprint density at radius 2 is 1.83 bits per heavy atom. The molecule has 9 heteroatoms. The quantitative estimate of drug-likeness (QED) is 0.620. The van der Waals surface area contributed by atoms with E-state index in [-0.39, 0.29) is 19.4 Å². The van der Waals surface area contributed by atoms with E-state index in [2.05, 4.69) is 14.4 Å². The van der Waals surface area contributed by atoms with Crippen LogP contribution in [0.5, 0.6) is 0 Å². The average Bonchev–Trinajstić information content (AvgIpc) is 2.54. The number of hydrogen-bond acceptors (Lipinski definition) is 6. The van der Waals surface area contributed by atoms with Crippen molar-refractivity contribution in [2.75, 3.05) is 20.8 Å². The molecule has 0 heterocycles. The van der Waals surface area contributed by atoms with E-state index in [0.717, 1.165) is 19.8 Å². The average molecular weight is 345 g/mol. The van der Waals surface area contributed by atoms with Crippen molar-refractivity contribution >= 4 is 19.7 Å². The first-order valence-corrected chi connectivity index (χ1v) is 8.29. The molecule has 1 aromatic rings. The third-order valence-corrected chi connectivity index (χ3v) is 4.31. The summed E-state index contributed by atoms with van der Waals surface area (Å²) in [5.41, 5.74) is 0.782. The van der Waals surface area contributed by atoms with Crippen LogP contribution in [0.4, 0.5) is 0 Å². The summed E-state index contributed by atoms with van der Waals surface area (Å²) in [7, 11) is -1.57. The maximum absolute atomic E-state index is 12.2. The summed E-state index contributed by atoms with van der Waals surface area (Å²) in [6, 6.07) is 8.97. The van der Waals surface area contributed by atoms with E-state index < -0.39 is 25.8 Å². The highest BCUT2D eigenvalue weighted by atomic mass is 31.2. The molecular weight excluding hydrogens is 325 g/mol. The normalized spacial score (nSPS) is 12.6. The molecule has 0 aromatic heterocycles. The van der Waals surface area contributed by atoms with Gasteiger partial charge in [0, 0.05) is 27.2 Å². The molecule has 0 aliphatic heterocycles. The topological polar surface area (TPSA) is 111 Å². The Hall–Kier alpha value is -1.73. The number of carboxylic acids is 1. The third-order valence-electron chi connectivity index (χ3n) is 2.90. The summed E-state index contributed by atoms with van der Waals surface area (Å²) >= 11 is 0. The Morgan fingerprint density at radius 1 is 1.22 bits per heavy atom. The molecule has 0 radical (unpaired) electrons. The van der Waals surface area contributed by atoms with Crippen LogP contribution in [0.2, 0.25) is 0 Å². The fraction of sp³-hybridized carbons (Fsp3) is 0.429. The van der Waals surface area contributed by atoms with Gasteiger partial charge in [-0.2, -0.15) is 0 Å². The summed E-state index contributed by atoms with van der Waals surface area (Å²) < 4.78 is 26.7. The predicted molar refractivity (Wildman–Crippen MR) is 81.9 cm³/mol. The van der Waals surface area contributed by atoms with E-state index >= 15 is 0 Å². The van der Waals surface area contributed by atoms with Gasteiger partial charge in [-0.1, -0.05) is 30.3 Å². The maximum atomic E-state index is 12.2. The lowest BCUT2D eigenvalue weighted by Gasteiger charge is -2.21. The Balaban J connectivity index is 2.80. The number of benzene rings is 1. The van der Waals surface area contributed by atoms with Crippen LogP contribution in [0.25, 0.3) is 0 Å². The van der Waals surface area contributed by atoms with Gasteiger partial charge in [-0.25, -0.2) is 4.57 Å². The van der Waals surface area contributed by atoms with Gasteiger partial charge in [0.05, 0.1) is 6.42 Å². The first-order valence-electron chi connectivity index (χ1n) is 6.83. The van der Waals surface area contributed by atoms with Crippen molar-refractivity contribution in [1.29, 1.82) is 0 Å². The molecule has 1 amide bonds. The summed E-state index contributed by atoms with van der Waals surface area (Å²) in [5, 5.41) is 11.0. The van der Waals surface area contributed by atoms with E-state index in [4.69, 9.17) is 9.63 Å². The van der Waals surface area contributed by atoms with Crippen LogP contribution in [0.1, 0.15) is 12.0 Å². The number of phosphoric acid groups is 1. The molecule has 0 bridgehead atoms. The standard InChI is InChI=1S/C14H20NO7P/c1-20-23(19,21-2)22-12(10-11-6-4-3-5-7-11)14(18)15-9-8-13(16)17/h3-7,12H,8-10H2,1-2H3,(H,15,18)(H,16,17)/t12-/m0/s1. The van der Waals surface area contributed by atoms with Crippen LogP contribution in [0.15, 0.2) is 30.3 Å². The largest absolute Gasteiger partial charge is 0.481 e. The van der Waals surface area contributed by atoms with Gasteiger partial charge in [-0.15, -0.1) is 0 Å². The van der Waals surface area contributed by atoms with Crippen molar-refractivity contribution in [1.82, 2.24) is 5.32 Å². The molecule has 8 nitrogen and oxygen atoms in total. The zero-order valence-corrected chi connectivity index (χ0v) is 13.8. The molecule has 23 heavy (non-hydrogen) atoms. The Bertz CT molecular complexity index is 556. The minimum atomic E-state index is -3.86. The molecule has 0 spiro atoms. The van der Waals surface area contributed by atoms with Gasteiger partial charge in [-0.3, -0.25) is 23.2 Å². The van der Waals surface area contributed by atoms with Crippen LogP contribution in [0, 0.1) is 0 Å². The number of hydrogen-bond donors (Lipinski definition) is 2. The number of carboxylic acid groups (broad SMARTS) is 1. The van der Waals surface area contributed by atoms with Crippen molar-refractivity contribution < 1.29 is 32.8 Å². The molecule has 1 rings (SSSR count). The van der Waals surface area contributed by atoms with E-state index in [0.29, 0.717) is 0 Å². The molecular formula is C14H20NO7P. The van der Waals surface area contributed by atoms with Gasteiger partial charge in [0.2, 0.25) is 5.91 Å². The Morgan fingerprint density at radius 3 is 2.35 bits per heavy atom. The van der Waals surface area contributed by atoms with Crippen molar-refractivity contribution in [2.45, 2.75) is 18.9 Å². The Labute approximate surface area is 134 Å². The minimum Gasteiger partial charge on any atom is -0.481 e. The van der Waals surface area contributed by atoms with Gasteiger partial charge < -0.3 is 10.4 Å². The maximum Gasteiger partial charge on any atom is 0.475 e. The van der Waals surface area contributed by atoms with E-state index in [1.165, 1.54) is 0 Å². The van der Waals surface area contributed by atoms with E-state index in [9.17, 15) is 14.2 Å². The molecule has 0 aliphatic carbocycles. The second kappa shape index (κ2) is 9.42. The fourth-order valence-electron chi connectivity index (χ4n) is 1.73. The molecule has 0 saturated carbocycles. The number of amides is 1. The van der Waals surface area contributed by atoms with Gasteiger partial charge in [0.1, 0.15) is 0 Å². The molecule has 0 saturated heterocycles. The number of carbonyl (C=O) groups is 2. The predicted octanol–water partition coefficient (Wildman–Crippen LogP) is 1.61. The smallest absolute Gasteiger partial charge is 0.475 e. The summed E-state index contributed by atoms with van der Waals surface area (Å²) in [6.45, 7) is -0.0624. The molecule has 1 atom stereocenters. The summed E-state index contributed by atoms with van der Waals surface area (Å²) in [5.74, 6) is -1.63. The van der Waals surface area contributed by atoms with E-state index in [1.54, 1.807) is 24.3 Å². The lowest BCUT2D eigenvalue weighted by atomic mass is 10.1. The SMILES string of the molecule is COP(=O)(OC)O[C@@H](Cc1ccccc1)C(=O)NCCC(=O)O. The van der Waals surface area contributed by atoms with Crippen molar-refractivity contribution in [3.8, 4) is 0 Å². The second-order valence-electron chi connectivity index (χ2n) is 4.53. The number of rotatable bonds is 10. The van der Waals surface area contributed by atoms with Gasteiger partial charge >= 0.3 is 13.8 Å². The zero-order valence-electron chi connectivity index (χ0n) is 12.9. The molecule has 128 valence electrons. The number of phosphoric ester groups is 1. The van der Waals surface area contributed by atoms with Crippen molar-refractivity contribution in [3.05, 3.63) is 35.9 Å². The monoisotopic (exact) mass is 345 g/mol. The van der Waals surface area contributed by atoms with E-state index in [1.807, 2.05) is 6.07 Å².